The minimum atomic E-state index is -0.283. The molecule has 0 unspecified atom stereocenters. The topological polar surface area (TPSA) is 68.0 Å². The summed E-state index contributed by atoms with van der Waals surface area (Å²) in [6.07, 6.45) is 1.53. The molecule has 0 saturated heterocycles. The fourth-order valence-electron chi connectivity index (χ4n) is 3.51. The molecule has 1 N–H and O–H groups in total. The number of rotatable bonds is 4. The third kappa shape index (κ3) is 3.02. The molecule has 0 amide bonds. The predicted octanol–water partition coefficient (Wildman–Crippen LogP) is 5.02. The quantitative estimate of drug-likeness (QED) is 0.437. The van der Waals surface area contributed by atoms with E-state index in [0.29, 0.717) is 11.2 Å². The molecule has 5 rings (SSSR count). The van der Waals surface area contributed by atoms with Crippen LogP contribution in [0.2, 0.25) is 0 Å². The number of aromatic nitrogens is 3. The van der Waals surface area contributed by atoms with Gasteiger partial charge in [0, 0.05) is 22.7 Å². The molecule has 5 heteroatoms. The molecule has 0 aliphatic rings. The largest absolute Gasteiger partial charge is 0.507 e. The number of aromatic hydroxyl groups is 1. The molecule has 0 spiro atoms. The number of hydrogen-bond donors (Lipinski definition) is 1. The monoisotopic (exact) mass is 391 g/mol. The van der Waals surface area contributed by atoms with Crippen LogP contribution in [0, 0.1) is 0 Å². The van der Waals surface area contributed by atoms with Crippen LogP contribution >= 0.6 is 0 Å². The number of pyridine rings is 1. The zero-order chi connectivity index (χ0) is 20.5. The van der Waals surface area contributed by atoms with Crippen LogP contribution in [0.3, 0.4) is 0 Å². The second kappa shape index (κ2) is 7.29. The molecule has 0 bridgehead atoms. The van der Waals surface area contributed by atoms with Crippen LogP contribution in [0.15, 0.2) is 97.2 Å². The molecule has 30 heavy (non-hydrogen) atoms. The molecule has 0 aliphatic heterocycles. The molecule has 2 heterocycles. The van der Waals surface area contributed by atoms with Crippen molar-refractivity contribution in [3.05, 3.63) is 108 Å². The normalized spacial score (nSPS) is 10.9. The molecule has 5 nitrogen and oxygen atoms in total. The van der Waals surface area contributed by atoms with Crippen molar-refractivity contribution >= 4 is 16.8 Å². The molecule has 0 saturated carbocycles. The highest BCUT2D eigenvalue weighted by atomic mass is 16.3. The van der Waals surface area contributed by atoms with Crippen molar-refractivity contribution in [3.63, 3.8) is 0 Å². The molecule has 0 aliphatic carbocycles. The summed E-state index contributed by atoms with van der Waals surface area (Å²) in [6, 6.07) is 27.9. The van der Waals surface area contributed by atoms with Crippen molar-refractivity contribution in [2.24, 2.45) is 0 Å². The average Bonchev–Trinajstić information content (AvgIpc) is 3.19. The van der Waals surface area contributed by atoms with E-state index in [2.05, 4.69) is 4.98 Å². The Morgan fingerprint density at radius 3 is 2.23 bits per heavy atom. The summed E-state index contributed by atoms with van der Waals surface area (Å²) >= 11 is 0. The van der Waals surface area contributed by atoms with Gasteiger partial charge < -0.3 is 5.11 Å². The number of para-hydroxylation sites is 2. The van der Waals surface area contributed by atoms with Crippen molar-refractivity contribution in [1.29, 1.82) is 0 Å². The summed E-state index contributed by atoms with van der Waals surface area (Å²) in [5, 5.41) is 15.7. The average molecular weight is 391 g/mol. The van der Waals surface area contributed by atoms with Crippen LogP contribution in [0.25, 0.3) is 28.0 Å². The van der Waals surface area contributed by atoms with E-state index in [4.69, 9.17) is 5.10 Å². The molecule has 144 valence electrons. The van der Waals surface area contributed by atoms with Gasteiger partial charge in [-0.25, -0.2) is 9.67 Å². The standard InChI is InChI=1S/C25H17N3O2/c29-22-14-8-7-13-20(22)24(30)18-15-21-23(17-9-3-1-4-10-17)27-28(25(21)26-16-18)19-11-5-2-6-12-19/h1-16,29H. The van der Waals surface area contributed by atoms with Crippen LogP contribution in [0.5, 0.6) is 5.75 Å². The lowest BCUT2D eigenvalue weighted by Gasteiger charge is -2.05. The highest BCUT2D eigenvalue weighted by Crippen LogP contribution is 2.30. The van der Waals surface area contributed by atoms with Gasteiger partial charge in [-0.2, -0.15) is 5.10 Å². The minimum Gasteiger partial charge on any atom is -0.507 e. The smallest absolute Gasteiger partial charge is 0.198 e. The van der Waals surface area contributed by atoms with Crippen LogP contribution < -0.4 is 0 Å². The van der Waals surface area contributed by atoms with E-state index in [1.54, 1.807) is 28.9 Å². The summed E-state index contributed by atoms with van der Waals surface area (Å²) < 4.78 is 1.78. The highest BCUT2D eigenvalue weighted by molar-refractivity contribution is 6.12. The first kappa shape index (κ1) is 17.8. The number of phenolic OH excluding ortho intramolecular Hbond substituents is 1. The number of hydrogen-bond acceptors (Lipinski definition) is 4. The van der Waals surface area contributed by atoms with Gasteiger partial charge in [0.05, 0.1) is 11.3 Å². The van der Waals surface area contributed by atoms with Gasteiger partial charge in [-0.1, -0.05) is 60.7 Å². The summed E-state index contributed by atoms with van der Waals surface area (Å²) in [5.74, 6) is -0.333. The maximum atomic E-state index is 13.0. The fraction of sp³-hybridized carbons (Fsp3) is 0. The van der Waals surface area contributed by atoms with Gasteiger partial charge in [0.1, 0.15) is 11.4 Å². The lowest BCUT2D eigenvalue weighted by atomic mass is 10.0. The van der Waals surface area contributed by atoms with E-state index in [9.17, 15) is 9.90 Å². The number of carbonyl (C=O) groups excluding carboxylic acids is 1. The summed E-state index contributed by atoms with van der Waals surface area (Å²) in [6.45, 7) is 0. The summed E-state index contributed by atoms with van der Waals surface area (Å²) in [4.78, 5) is 17.6. The van der Waals surface area contributed by atoms with Crippen LogP contribution in [-0.4, -0.2) is 25.7 Å². The number of phenols is 1. The first-order valence-corrected chi connectivity index (χ1v) is 9.55. The maximum absolute atomic E-state index is 13.0. The zero-order valence-corrected chi connectivity index (χ0v) is 15.9. The lowest BCUT2D eigenvalue weighted by Crippen LogP contribution is -2.03. The molecule has 5 aromatic rings. The Labute approximate surface area is 172 Å². The minimum absolute atomic E-state index is 0.0501. The summed E-state index contributed by atoms with van der Waals surface area (Å²) in [5.41, 5.74) is 3.87. The molecule has 2 aromatic heterocycles. The van der Waals surface area contributed by atoms with E-state index >= 15 is 0 Å². The van der Waals surface area contributed by atoms with E-state index in [-0.39, 0.29) is 17.1 Å². The van der Waals surface area contributed by atoms with Crippen molar-refractivity contribution in [2.75, 3.05) is 0 Å². The second-order valence-electron chi connectivity index (χ2n) is 6.90. The van der Waals surface area contributed by atoms with Crippen LogP contribution in [0.1, 0.15) is 15.9 Å². The van der Waals surface area contributed by atoms with Gasteiger partial charge in [-0.05, 0) is 30.3 Å². The van der Waals surface area contributed by atoms with Crippen LogP contribution in [-0.2, 0) is 0 Å². The van der Waals surface area contributed by atoms with E-state index in [1.807, 2.05) is 60.7 Å². The van der Waals surface area contributed by atoms with Gasteiger partial charge in [-0.15, -0.1) is 0 Å². The lowest BCUT2D eigenvalue weighted by molar-refractivity contribution is 0.103. The van der Waals surface area contributed by atoms with Crippen molar-refractivity contribution in [2.45, 2.75) is 0 Å². The van der Waals surface area contributed by atoms with E-state index in [1.165, 1.54) is 12.3 Å². The number of benzene rings is 3. The third-order valence-corrected chi connectivity index (χ3v) is 4.98. The van der Waals surface area contributed by atoms with Crippen LogP contribution in [0.4, 0.5) is 0 Å². The number of ketones is 1. The Kier molecular flexibility index (Phi) is 4.33. The van der Waals surface area contributed by atoms with Crippen molar-refractivity contribution < 1.29 is 9.90 Å². The Bertz CT molecular complexity index is 1360. The fourth-order valence-corrected chi connectivity index (χ4v) is 3.51. The predicted molar refractivity (Wildman–Crippen MR) is 116 cm³/mol. The molecule has 0 fully saturated rings. The number of carbonyl (C=O) groups is 1. The Morgan fingerprint density at radius 1 is 0.833 bits per heavy atom. The first-order valence-electron chi connectivity index (χ1n) is 9.55. The molecular weight excluding hydrogens is 374 g/mol. The molecular formula is C25H17N3O2. The van der Waals surface area contributed by atoms with Gasteiger partial charge in [0.15, 0.2) is 11.4 Å². The maximum Gasteiger partial charge on any atom is 0.198 e. The van der Waals surface area contributed by atoms with Crippen molar-refractivity contribution in [3.8, 4) is 22.7 Å². The van der Waals surface area contributed by atoms with Gasteiger partial charge >= 0.3 is 0 Å². The third-order valence-electron chi connectivity index (χ3n) is 4.98. The zero-order valence-electron chi connectivity index (χ0n) is 15.9. The van der Waals surface area contributed by atoms with Crippen molar-refractivity contribution in [1.82, 2.24) is 14.8 Å². The Balaban J connectivity index is 1.73. The number of nitrogens with zero attached hydrogens (tertiary/aromatic N) is 3. The Hall–Kier alpha value is -4.25. The molecule has 0 radical (unpaired) electrons. The van der Waals surface area contributed by atoms with Gasteiger partial charge in [0.25, 0.3) is 0 Å². The first-order chi connectivity index (χ1) is 14.7. The second-order valence-corrected chi connectivity index (χ2v) is 6.90. The SMILES string of the molecule is O=C(c1cnc2c(c1)c(-c1ccccc1)nn2-c1ccccc1)c1ccccc1O. The number of fused-ring (bicyclic) bond motifs is 1. The molecule has 0 atom stereocenters. The summed E-state index contributed by atoms with van der Waals surface area (Å²) in [7, 11) is 0. The Morgan fingerprint density at radius 2 is 1.50 bits per heavy atom. The highest BCUT2D eigenvalue weighted by Gasteiger charge is 2.19. The van der Waals surface area contributed by atoms with E-state index in [0.717, 1.165) is 22.3 Å². The van der Waals surface area contributed by atoms with Gasteiger partial charge in [-0.3, -0.25) is 4.79 Å². The molecule has 3 aromatic carbocycles. The van der Waals surface area contributed by atoms with Gasteiger partial charge in [0.2, 0.25) is 0 Å². The van der Waals surface area contributed by atoms with E-state index < -0.39 is 0 Å².